The second-order valence-corrected chi connectivity index (χ2v) is 6.63. The van der Waals surface area contributed by atoms with E-state index in [0.29, 0.717) is 12.5 Å². The molecule has 0 saturated heterocycles. The van der Waals surface area contributed by atoms with E-state index >= 15 is 0 Å². The van der Waals surface area contributed by atoms with Gasteiger partial charge in [0.25, 0.3) is 0 Å². The molecule has 128 valence electrons. The molecule has 3 N–H and O–H groups in total. The molecule has 24 heavy (non-hydrogen) atoms. The Labute approximate surface area is 142 Å². The van der Waals surface area contributed by atoms with Gasteiger partial charge in [-0.1, -0.05) is 44.2 Å². The monoisotopic (exact) mass is 327 g/mol. The number of aromatic nitrogens is 3. The zero-order chi connectivity index (χ0) is 16.8. The molecule has 1 saturated carbocycles. The number of nitrogens with one attached hydrogen (secondary N) is 1. The van der Waals surface area contributed by atoms with Crippen molar-refractivity contribution in [1.29, 1.82) is 0 Å². The average molecular weight is 327 g/mol. The van der Waals surface area contributed by atoms with Crippen molar-refractivity contribution in [3.63, 3.8) is 0 Å². The van der Waals surface area contributed by atoms with E-state index in [-0.39, 0.29) is 5.91 Å². The molecule has 3 rings (SSSR count). The van der Waals surface area contributed by atoms with Crippen molar-refractivity contribution in [1.82, 2.24) is 14.8 Å². The summed E-state index contributed by atoms with van der Waals surface area (Å²) >= 11 is 0. The molecule has 0 aliphatic heterocycles. The molecule has 1 unspecified atom stereocenters. The summed E-state index contributed by atoms with van der Waals surface area (Å²) in [5.41, 5.74) is 7.97. The van der Waals surface area contributed by atoms with Crippen LogP contribution in [-0.4, -0.2) is 26.7 Å². The minimum absolute atomic E-state index is 0.0930. The molecule has 1 aliphatic rings. The Morgan fingerprint density at radius 3 is 2.67 bits per heavy atom. The summed E-state index contributed by atoms with van der Waals surface area (Å²) in [7, 11) is 0. The maximum atomic E-state index is 12.3. The Morgan fingerprint density at radius 2 is 2.00 bits per heavy atom. The SMILES string of the molecule is NC(CC1CCCCC1)C(=O)Nc1ccc(Cn2cncn2)cc1. The van der Waals surface area contributed by atoms with E-state index in [1.807, 2.05) is 24.3 Å². The maximum absolute atomic E-state index is 12.3. The van der Waals surface area contributed by atoms with Crippen molar-refractivity contribution in [3.8, 4) is 0 Å². The first-order valence-electron chi connectivity index (χ1n) is 8.68. The molecule has 1 aromatic heterocycles. The van der Waals surface area contributed by atoms with E-state index in [0.717, 1.165) is 17.7 Å². The summed E-state index contributed by atoms with van der Waals surface area (Å²) in [5, 5.41) is 7.00. The standard InChI is InChI=1S/C18H25N5O/c19-17(10-14-4-2-1-3-5-14)18(24)22-16-8-6-15(7-9-16)11-23-13-20-12-21-23/h6-9,12-14,17H,1-5,10-11,19H2,(H,22,24). The van der Waals surface area contributed by atoms with Crippen LogP contribution >= 0.6 is 0 Å². The van der Waals surface area contributed by atoms with Crippen LogP contribution in [0.5, 0.6) is 0 Å². The molecular formula is C18H25N5O. The second kappa shape index (κ2) is 8.06. The Bertz CT molecular complexity index is 632. The Hall–Kier alpha value is -2.21. The summed E-state index contributed by atoms with van der Waals surface area (Å²) < 4.78 is 1.76. The second-order valence-electron chi connectivity index (χ2n) is 6.63. The molecule has 6 nitrogen and oxygen atoms in total. The predicted octanol–water partition coefficient (Wildman–Crippen LogP) is 2.56. The Balaban J connectivity index is 1.50. The van der Waals surface area contributed by atoms with Crippen molar-refractivity contribution >= 4 is 11.6 Å². The highest BCUT2D eigenvalue weighted by atomic mass is 16.2. The van der Waals surface area contributed by atoms with Crippen molar-refractivity contribution in [2.75, 3.05) is 5.32 Å². The number of carbonyl (C=O) groups excluding carboxylic acids is 1. The highest BCUT2D eigenvalue weighted by molar-refractivity contribution is 5.94. The molecule has 1 aliphatic carbocycles. The van der Waals surface area contributed by atoms with E-state index in [2.05, 4.69) is 15.4 Å². The number of carbonyl (C=O) groups is 1. The molecule has 1 fully saturated rings. The van der Waals surface area contributed by atoms with Crippen LogP contribution in [0.3, 0.4) is 0 Å². The molecule has 0 spiro atoms. The van der Waals surface area contributed by atoms with Crippen molar-refractivity contribution < 1.29 is 4.79 Å². The van der Waals surface area contributed by atoms with E-state index in [1.165, 1.54) is 38.4 Å². The summed E-state index contributed by atoms with van der Waals surface area (Å²) in [6, 6.07) is 7.33. The third kappa shape index (κ3) is 4.64. The number of amides is 1. The Kier molecular flexibility index (Phi) is 5.59. The normalized spacial score (nSPS) is 16.7. The fourth-order valence-corrected chi connectivity index (χ4v) is 3.32. The third-order valence-corrected chi connectivity index (χ3v) is 4.68. The molecule has 6 heteroatoms. The van der Waals surface area contributed by atoms with Gasteiger partial charge < -0.3 is 11.1 Å². The molecule has 0 radical (unpaired) electrons. The summed E-state index contributed by atoms with van der Waals surface area (Å²) in [5.74, 6) is 0.508. The first kappa shape index (κ1) is 16.6. The quantitative estimate of drug-likeness (QED) is 0.854. The number of anilines is 1. The topological polar surface area (TPSA) is 85.8 Å². The first-order chi connectivity index (χ1) is 11.7. The van der Waals surface area contributed by atoms with Crippen molar-refractivity contribution in [2.24, 2.45) is 11.7 Å². The molecule has 1 atom stereocenters. The zero-order valence-electron chi connectivity index (χ0n) is 13.9. The lowest BCUT2D eigenvalue weighted by molar-refractivity contribution is -0.117. The molecule has 2 aromatic rings. The number of rotatable bonds is 6. The molecule has 0 bridgehead atoms. The van der Waals surface area contributed by atoms with Crippen LogP contribution in [0, 0.1) is 5.92 Å². The van der Waals surface area contributed by atoms with Gasteiger partial charge in [0.2, 0.25) is 5.91 Å². The van der Waals surface area contributed by atoms with Crippen molar-refractivity contribution in [2.45, 2.75) is 51.1 Å². The minimum atomic E-state index is -0.428. The highest BCUT2D eigenvalue weighted by Gasteiger charge is 2.21. The van der Waals surface area contributed by atoms with Crippen LogP contribution in [0.4, 0.5) is 5.69 Å². The van der Waals surface area contributed by atoms with E-state index in [1.54, 1.807) is 11.0 Å². The lowest BCUT2D eigenvalue weighted by Crippen LogP contribution is -2.37. The first-order valence-corrected chi connectivity index (χ1v) is 8.68. The predicted molar refractivity (Wildman–Crippen MR) is 93.4 cm³/mol. The van der Waals surface area contributed by atoms with Gasteiger partial charge in [0.15, 0.2) is 0 Å². The van der Waals surface area contributed by atoms with Crippen LogP contribution in [0.15, 0.2) is 36.9 Å². The van der Waals surface area contributed by atoms with Gasteiger partial charge >= 0.3 is 0 Å². The highest BCUT2D eigenvalue weighted by Crippen LogP contribution is 2.27. The molecule has 1 aromatic carbocycles. The summed E-state index contributed by atoms with van der Waals surface area (Å²) in [4.78, 5) is 16.2. The van der Waals surface area contributed by atoms with Crippen LogP contribution in [0.2, 0.25) is 0 Å². The van der Waals surface area contributed by atoms with E-state index < -0.39 is 6.04 Å². The van der Waals surface area contributed by atoms with Gasteiger partial charge in [0, 0.05) is 5.69 Å². The van der Waals surface area contributed by atoms with Crippen LogP contribution < -0.4 is 11.1 Å². The van der Waals surface area contributed by atoms with Gasteiger partial charge in [-0.15, -0.1) is 0 Å². The smallest absolute Gasteiger partial charge is 0.241 e. The largest absolute Gasteiger partial charge is 0.325 e. The fourth-order valence-electron chi connectivity index (χ4n) is 3.32. The van der Waals surface area contributed by atoms with E-state index in [9.17, 15) is 4.79 Å². The van der Waals surface area contributed by atoms with Gasteiger partial charge in [-0.05, 0) is 30.0 Å². The van der Waals surface area contributed by atoms with Crippen molar-refractivity contribution in [3.05, 3.63) is 42.5 Å². The maximum Gasteiger partial charge on any atom is 0.241 e. The summed E-state index contributed by atoms with van der Waals surface area (Å²) in [6.45, 7) is 0.662. The number of hydrogen-bond donors (Lipinski definition) is 2. The van der Waals surface area contributed by atoms with Gasteiger partial charge in [0.1, 0.15) is 12.7 Å². The van der Waals surface area contributed by atoms with E-state index in [4.69, 9.17) is 5.73 Å². The van der Waals surface area contributed by atoms with Gasteiger partial charge in [0.05, 0.1) is 12.6 Å². The van der Waals surface area contributed by atoms with Gasteiger partial charge in [-0.3, -0.25) is 4.79 Å². The average Bonchev–Trinajstić information content (AvgIpc) is 3.10. The third-order valence-electron chi connectivity index (χ3n) is 4.68. The fraction of sp³-hybridized carbons (Fsp3) is 0.500. The number of hydrogen-bond acceptors (Lipinski definition) is 4. The van der Waals surface area contributed by atoms with Crippen LogP contribution in [0.25, 0.3) is 0 Å². The Morgan fingerprint density at radius 1 is 1.25 bits per heavy atom. The molecular weight excluding hydrogens is 302 g/mol. The lowest BCUT2D eigenvalue weighted by atomic mass is 9.85. The molecule has 1 heterocycles. The van der Waals surface area contributed by atoms with Crippen LogP contribution in [-0.2, 0) is 11.3 Å². The number of nitrogens with zero attached hydrogens (tertiary/aromatic N) is 3. The molecule has 1 amide bonds. The van der Waals surface area contributed by atoms with Crippen LogP contribution in [0.1, 0.15) is 44.1 Å². The summed E-state index contributed by atoms with van der Waals surface area (Å²) in [6.07, 6.45) is 10.3. The minimum Gasteiger partial charge on any atom is -0.325 e. The zero-order valence-corrected chi connectivity index (χ0v) is 13.9. The number of nitrogens with two attached hydrogens (primary N) is 1. The van der Waals surface area contributed by atoms with Gasteiger partial charge in [-0.2, -0.15) is 5.10 Å². The number of benzene rings is 1. The van der Waals surface area contributed by atoms with Gasteiger partial charge in [-0.25, -0.2) is 9.67 Å². The lowest BCUT2D eigenvalue weighted by Gasteiger charge is -2.24.